The first-order chi connectivity index (χ1) is 10.5. The lowest BCUT2D eigenvalue weighted by Gasteiger charge is -2.20. The molecule has 0 unspecified atom stereocenters. The number of halogens is 1. The molecule has 5 nitrogen and oxygen atoms in total. The largest absolute Gasteiger partial charge is 0.452 e. The summed E-state index contributed by atoms with van der Waals surface area (Å²) in [5.74, 6) is 0.660. The van der Waals surface area contributed by atoms with Crippen molar-refractivity contribution in [2.75, 3.05) is 12.4 Å². The summed E-state index contributed by atoms with van der Waals surface area (Å²) in [6.07, 6.45) is 1.12. The Labute approximate surface area is 136 Å². The van der Waals surface area contributed by atoms with E-state index in [-0.39, 0.29) is 11.8 Å². The van der Waals surface area contributed by atoms with Gasteiger partial charge >= 0.3 is 0 Å². The summed E-state index contributed by atoms with van der Waals surface area (Å²) < 4.78 is 6.06. The maximum Gasteiger partial charge on any atom is 0.254 e. The van der Waals surface area contributed by atoms with Crippen LogP contribution >= 0.6 is 15.9 Å². The third kappa shape index (κ3) is 3.06. The highest BCUT2D eigenvalue weighted by Gasteiger charge is 2.19. The lowest BCUT2D eigenvalue weighted by molar-refractivity contribution is -0.116. The van der Waals surface area contributed by atoms with Crippen molar-refractivity contribution in [2.24, 2.45) is 0 Å². The number of amides is 2. The molecule has 0 saturated carbocycles. The Morgan fingerprint density at radius 3 is 2.86 bits per heavy atom. The first-order valence-electron chi connectivity index (χ1n) is 6.95. The van der Waals surface area contributed by atoms with Gasteiger partial charge in [-0.15, -0.1) is 0 Å². The predicted molar refractivity (Wildman–Crippen MR) is 85.6 cm³/mol. The van der Waals surface area contributed by atoms with Crippen LogP contribution in [0, 0.1) is 0 Å². The molecule has 2 heterocycles. The van der Waals surface area contributed by atoms with Crippen LogP contribution in [0.25, 0.3) is 0 Å². The third-order valence-electron chi connectivity index (χ3n) is 3.62. The molecular weight excluding hydrogens is 348 g/mol. The SMILES string of the molecule is CN(Cc1ccc(Br)o1)C(=O)c1ccc2c(c1)CCC(=O)N2. The van der Waals surface area contributed by atoms with E-state index in [2.05, 4.69) is 21.2 Å². The smallest absolute Gasteiger partial charge is 0.254 e. The van der Waals surface area contributed by atoms with Gasteiger partial charge in [-0.1, -0.05) is 0 Å². The fourth-order valence-electron chi connectivity index (χ4n) is 2.48. The van der Waals surface area contributed by atoms with Crippen LogP contribution in [0.1, 0.15) is 28.1 Å². The molecule has 0 saturated heterocycles. The fraction of sp³-hybridized carbons (Fsp3) is 0.250. The van der Waals surface area contributed by atoms with E-state index in [1.807, 2.05) is 12.1 Å². The van der Waals surface area contributed by atoms with Gasteiger partial charge in [-0.2, -0.15) is 0 Å². The minimum absolute atomic E-state index is 0.0205. The van der Waals surface area contributed by atoms with Crippen LogP contribution in [0.2, 0.25) is 0 Å². The van der Waals surface area contributed by atoms with Crippen molar-refractivity contribution in [1.82, 2.24) is 4.90 Å². The summed E-state index contributed by atoms with van der Waals surface area (Å²) in [7, 11) is 1.74. The van der Waals surface area contributed by atoms with E-state index < -0.39 is 0 Å². The number of furan rings is 1. The number of fused-ring (bicyclic) bond motifs is 1. The quantitative estimate of drug-likeness (QED) is 0.911. The van der Waals surface area contributed by atoms with Crippen LogP contribution in [-0.2, 0) is 17.8 Å². The molecule has 1 aliphatic heterocycles. The molecular formula is C16H15BrN2O3. The van der Waals surface area contributed by atoms with E-state index >= 15 is 0 Å². The highest BCUT2D eigenvalue weighted by atomic mass is 79.9. The fourth-order valence-corrected chi connectivity index (χ4v) is 2.82. The van der Waals surface area contributed by atoms with E-state index in [0.717, 1.165) is 11.3 Å². The molecule has 0 aliphatic carbocycles. The van der Waals surface area contributed by atoms with Gasteiger partial charge in [0, 0.05) is 24.7 Å². The number of anilines is 1. The zero-order chi connectivity index (χ0) is 15.7. The average molecular weight is 363 g/mol. The molecule has 6 heteroatoms. The summed E-state index contributed by atoms with van der Waals surface area (Å²) in [4.78, 5) is 25.5. The number of nitrogens with zero attached hydrogens (tertiary/aromatic N) is 1. The van der Waals surface area contributed by atoms with E-state index in [9.17, 15) is 9.59 Å². The number of carbonyl (C=O) groups is 2. The Morgan fingerprint density at radius 1 is 1.32 bits per heavy atom. The molecule has 0 radical (unpaired) electrons. The van der Waals surface area contributed by atoms with Crippen LogP contribution in [0.4, 0.5) is 5.69 Å². The van der Waals surface area contributed by atoms with Gasteiger partial charge in [0.25, 0.3) is 5.91 Å². The summed E-state index contributed by atoms with van der Waals surface area (Å²) in [6, 6.07) is 9.01. The van der Waals surface area contributed by atoms with Crippen LogP contribution < -0.4 is 5.32 Å². The van der Waals surface area contributed by atoms with Crippen molar-refractivity contribution in [1.29, 1.82) is 0 Å². The third-order valence-corrected chi connectivity index (χ3v) is 4.04. The Kier molecular flexibility index (Phi) is 4.02. The number of aryl methyl sites for hydroxylation is 1. The first-order valence-corrected chi connectivity index (χ1v) is 7.74. The van der Waals surface area contributed by atoms with Gasteiger partial charge in [0.05, 0.1) is 6.54 Å². The highest BCUT2D eigenvalue weighted by Crippen LogP contribution is 2.24. The zero-order valence-electron chi connectivity index (χ0n) is 12.1. The van der Waals surface area contributed by atoms with E-state index in [4.69, 9.17) is 4.42 Å². The van der Waals surface area contributed by atoms with E-state index in [1.54, 1.807) is 30.1 Å². The number of rotatable bonds is 3. The number of carbonyl (C=O) groups excluding carboxylic acids is 2. The molecule has 0 bridgehead atoms. The predicted octanol–water partition coefficient (Wildman–Crippen LogP) is 3.20. The average Bonchev–Trinajstić information content (AvgIpc) is 2.91. The summed E-state index contributed by atoms with van der Waals surface area (Å²) in [5.41, 5.74) is 2.41. The van der Waals surface area contributed by atoms with Gasteiger partial charge in [-0.25, -0.2) is 0 Å². The number of hydrogen-bond donors (Lipinski definition) is 1. The molecule has 114 valence electrons. The maximum absolute atomic E-state index is 12.5. The number of hydrogen-bond acceptors (Lipinski definition) is 3. The maximum atomic E-state index is 12.5. The standard InChI is InChI=1S/C16H15BrN2O3/c1-19(9-12-4-6-14(17)22-12)16(21)11-2-5-13-10(8-11)3-7-15(20)18-13/h2,4-6,8H,3,7,9H2,1H3,(H,18,20). The first kappa shape index (κ1) is 14.8. The Balaban J connectivity index is 1.75. The minimum Gasteiger partial charge on any atom is -0.452 e. The minimum atomic E-state index is -0.0766. The zero-order valence-corrected chi connectivity index (χ0v) is 13.6. The second-order valence-electron chi connectivity index (χ2n) is 5.29. The topological polar surface area (TPSA) is 62.6 Å². The molecule has 1 aromatic heterocycles. The van der Waals surface area contributed by atoms with Crippen molar-refractivity contribution in [3.05, 3.63) is 51.9 Å². The normalized spacial score (nSPS) is 13.5. The van der Waals surface area contributed by atoms with Crippen LogP contribution in [0.15, 0.2) is 39.4 Å². The van der Waals surface area contributed by atoms with Crippen molar-refractivity contribution in [3.8, 4) is 0 Å². The molecule has 1 N–H and O–H groups in total. The molecule has 22 heavy (non-hydrogen) atoms. The van der Waals surface area contributed by atoms with Gasteiger partial charge in [0.2, 0.25) is 5.91 Å². The van der Waals surface area contributed by atoms with Gasteiger partial charge in [-0.05, 0) is 58.2 Å². The highest BCUT2D eigenvalue weighted by molar-refractivity contribution is 9.10. The van der Waals surface area contributed by atoms with Gasteiger partial charge in [0.15, 0.2) is 4.67 Å². The molecule has 0 spiro atoms. The van der Waals surface area contributed by atoms with E-state index in [1.165, 1.54) is 0 Å². The Morgan fingerprint density at radius 2 is 2.14 bits per heavy atom. The number of benzene rings is 1. The van der Waals surface area contributed by atoms with Gasteiger partial charge in [-0.3, -0.25) is 9.59 Å². The molecule has 0 atom stereocenters. The van der Waals surface area contributed by atoms with Crippen molar-refractivity contribution >= 4 is 33.4 Å². The van der Waals surface area contributed by atoms with E-state index in [0.29, 0.717) is 35.4 Å². The van der Waals surface area contributed by atoms with Crippen LogP contribution in [-0.4, -0.2) is 23.8 Å². The summed E-state index contributed by atoms with van der Waals surface area (Å²) in [6.45, 7) is 0.401. The molecule has 2 amide bonds. The lowest BCUT2D eigenvalue weighted by atomic mass is 10.00. The molecule has 1 aliphatic rings. The van der Waals surface area contributed by atoms with Crippen LogP contribution in [0.3, 0.4) is 0 Å². The van der Waals surface area contributed by atoms with Gasteiger partial charge < -0.3 is 14.6 Å². The second-order valence-corrected chi connectivity index (χ2v) is 6.07. The van der Waals surface area contributed by atoms with Crippen LogP contribution in [0.5, 0.6) is 0 Å². The second kappa shape index (κ2) is 5.96. The van der Waals surface area contributed by atoms with Crippen molar-refractivity contribution < 1.29 is 14.0 Å². The summed E-state index contributed by atoms with van der Waals surface area (Å²) in [5, 5.41) is 2.81. The Hall–Kier alpha value is -2.08. The Bertz CT molecular complexity index is 739. The number of nitrogens with one attached hydrogen (secondary N) is 1. The van der Waals surface area contributed by atoms with Crippen molar-refractivity contribution in [2.45, 2.75) is 19.4 Å². The molecule has 2 aromatic rings. The molecule has 1 aromatic carbocycles. The summed E-state index contributed by atoms with van der Waals surface area (Å²) >= 11 is 3.25. The molecule has 3 rings (SSSR count). The van der Waals surface area contributed by atoms with Crippen molar-refractivity contribution in [3.63, 3.8) is 0 Å². The van der Waals surface area contributed by atoms with Gasteiger partial charge in [0.1, 0.15) is 5.76 Å². The molecule has 0 fully saturated rings. The monoisotopic (exact) mass is 362 g/mol. The lowest BCUT2D eigenvalue weighted by Crippen LogP contribution is -2.26.